The van der Waals surface area contributed by atoms with Crippen molar-refractivity contribution in [1.29, 1.82) is 0 Å². The lowest BCUT2D eigenvalue weighted by atomic mass is 9.97. The smallest absolute Gasteiger partial charge is 0.272 e. The van der Waals surface area contributed by atoms with E-state index in [9.17, 15) is 4.79 Å². The molecule has 2 fully saturated rings. The van der Waals surface area contributed by atoms with Crippen molar-refractivity contribution in [3.8, 4) is 0 Å². The molecule has 144 valence electrons. The number of nitrogens with zero attached hydrogens (tertiary/aromatic N) is 6. The minimum absolute atomic E-state index is 0.0102. The molecule has 1 atom stereocenters. The summed E-state index contributed by atoms with van der Waals surface area (Å²) in [5.41, 5.74) is 0.516. The van der Waals surface area contributed by atoms with E-state index in [0.717, 1.165) is 50.7 Å². The molecule has 0 unspecified atom stereocenters. The van der Waals surface area contributed by atoms with E-state index >= 15 is 0 Å². The molecule has 0 radical (unpaired) electrons. The minimum atomic E-state index is 0.0102. The molecule has 2 saturated heterocycles. The molecular weight excluding hydrogens is 340 g/mol. The van der Waals surface area contributed by atoms with Gasteiger partial charge >= 0.3 is 0 Å². The van der Waals surface area contributed by atoms with Crippen LogP contribution in [0.5, 0.6) is 0 Å². The summed E-state index contributed by atoms with van der Waals surface area (Å²) in [6, 6.07) is 5.47. The molecule has 0 bridgehead atoms. The number of hydrogen-bond acceptors (Lipinski definition) is 5. The van der Waals surface area contributed by atoms with E-state index in [2.05, 4.69) is 31.7 Å². The summed E-state index contributed by atoms with van der Waals surface area (Å²) in [5, 5.41) is 8.97. The van der Waals surface area contributed by atoms with Gasteiger partial charge in [0.25, 0.3) is 5.91 Å². The van der Waals surface area contributed by atoms with Crippen LogP contribution in [0.2, 0.25) is 0 Å². The van der Waals surface area contributed by atoms with Gasteiger partial charge in [-0.05, 0) is 50.9 Å². The Morgan fingerprint density at radius 3 is 2.74 bits per heavy atom. The predicted molar refractivity (Wildman–Crippen MR) is 102 cm³/mol. The maximum atomic E-state index is 12.7. The molecule has 0 aliphatic carbocycles. The molecular formula is C20H28N6O. The maximum Gasteiger partial charge on any atom is 0.272 e. The SMILES string of the molecule is Cn1c(CN2CCCCC2)nnc1[C@@H]1CCCN(C(=O)c2ccccn2)C1. The Bertz CT molecular complexity index is 768. The molecule has 1 amide bonds. The third-order valence-electron chi connectivity index (χ3n) is 5.77. The van der Waals surface area contributed by atoms with Crippen LogP contribution in [0.3, 0.4) is 0 Å². The van der Waals surface area contributed by atoms with Crippen molar-refractivity contribution in [3.05, 3.63) is 41.7 Å². The lowest BCUT2D eigenvalue weighted by molar-refractivity contribution is 0.0697. The number of hydrogen-bond donors (Lipinski definition) is 0. The summed E-state index contributed by atoms with van der Waals surface area (Å²) in [5.74, 6) is 2.27. The Kier molecular flexibility index (Phi) is 5.48. The van der Waals surface area contributed by atoms with Crippen LogP contribution >= 0.6 is 0 Å². The largest absolute Gasteiger partial charge is 0.337 e. The van der Waals surface area contributed by atoms with Gasteiger partial charge in [-0.2, -0.15) is 0 Å². The molecule has 0 N–H and O–H groups in total. The van der Waals surface area contributed by atoms with Gasteiger partial charge in [-0.3, -0.25) is 14.7 Å². The van der Waals surface area contributed by atoms with Crippen LogP contribution in [-0.4, -0.2) is 61.6 Å². The molecule has 27 heavy (non-hydrogen) atoms. The number of carbonyl (C=O) groups is 1. The van der Waals surface area contributed by atoms with Crippen molar-refractivity contribution in [2.45, 2.75) is 44.6 Å². The molecule has 0 spiro atoms. The second-order valence-corrected chi connectivity index (χ2v) is 7.68. The molecule has 2 aromatic heterocycles. The topological polar surface area (TPSA) is 67.2 Å². The van der Waals surface area contributed by atoms with Gasteiger partial charge in [-0.25, -0.2) is 0 Å². The number of piperidine rings is 2. The Labute approximate surface area is 160 Å². The Balaban J connectivity index is 1.44. The van der Waals surface area contributed by atoms with E-state index in [1.807, 2.05) is 17.0 Å². The van der Waals surface area contributed by atoms with Crippen LogP contribution in [0.4, 0.5) is 0 Å². The molecule has 4 rings (SSSR count). The second-order valence-electron chi connectivity index (χ2n) is 7.68. The first-order chi connectivity index (χ1) is 13.2. The van der Waals surface area contributed by atoms with Crippen LogP contribution in [0.1, 0.15) is 60.2 Å². The van der Waals surface area contributed by atoms with Gasteiger partial charge in [-0.15, -0.1) is 10.2 Å². The van der Waals surface area contributed by atoms with E-state index in [1.165, 1.54) is 19.3 Å². The fourth-order valence-corrected chi connectivity index (χ4v) is 4.21. The number of aromatic nitrogens is 4. The number of pyridine rings is 1. The van der Waals surface area contributed by atoms with Crippen LogP contribution in [-0.2, 0) is 13.6 Å². The molecule has 2 aliphatic heterocycles. The summed E-state index contributed by atoms with van der Waals surface area (Å²) in [6.07, 6.45) is 7.59. The van der Waals surface area contributed by atoms with Gasteiger partial charge in [0.05, 0.1) is 6.54 Å². The highest BCUT2D eigenvalue weighted by atomic mass is 16.2. The van der Waals surface area contributed by atoms with Gasteiger partial charge in [0.2, 0.25) is 0 Å². The van der Waals surface area contributed by atoms with Crippen molar-refractivity contribution >= 4 is 5.91 Å². The van der Waals surface area contributed by atoms with E-state index in [4.69, 9.17) is 0 Å². The van der Waals surface area contributed by atoms with Crippen molar-refractivity contribution in [2.75, 3.05) is 26.2 Å². The predicted octanol–water partition coefficient (Wildman–Crippen LogP) is 2.22. The summed E-state index contributed by atoms with van der Waals surface area (Å²) >= 11 is 0. The highest BCUT2D eigenvalue weighted by molar-refractivity contribution is 5.92. The highest BCUT2D eigenvalue weighted by Gasteiger charge is 2.29. The van der Waals surface area contributed by atoms with Crippen LogP contribution in [0, 0.1) is 0 Å². The van der Waals surface area contributed by atoms with Gasteiger partial charge < -0.3 is 9.47 Å². The Hall–Kier alpha value is -2.28. The first-order valence-corrected chi connectivity index (χ1v) is 10.0. The summed E-state index contributed by atoms with van der Waals surface area (Å²) < 4.78 is 2.15. The zero-order valence-electron chi connectivity index (χ0n) is 16.0. The summed E-state index contributed by atoms with van der Waals surface area (Å²) in [6.45, 7) is 4.64. The Morgan fingerprint density at radius 1 is 1.11 bits per heavy atom. The third-order valence-corrected chi connectivity index (χ3v) is 5.77. The second kappa shape index (κ2) is 8.17. The van der Waals surface area contributed by atoms with Gasteiger partial charge in [-0.1, -0.05) is 12.5 Å². The monoisotopic (exact) mass is 368 g/mol. The first kappa shape index (κ1) is 18.1. The first-order valence-electron chi connectivity index (χ1n) is 10.0. The lowest BCUT2D eigenvalue weighted by Crippen LogP contribution is -2.40. The van der Waals surface area contributed by atoms with Gasteiger partial charge in [0.15, 0.2) is 0 Å². The zero-order valence-corrected chi connectivity index (χ0v) is 16.0. The van der Waals surface area contributed by atoms with Gasteiger partial charge in [0.1, 0.15) is 17.3 Å². The molecule has 0 aromatic carbocycles. The van der Waals surface area contributed by atoms with Crippen LogP contribution in [0.15, 0.2) is 24.4 Å². The highest BCUT2D eigenvalue weighted by Crippen LogP contribution is 2.27. The van der Waals surface area contributed by atoms with Crippen molar-refractivity contribution in [3.63, 3.8) is 0 Å². The molecule has 4 heterocycles. The van der Waals surface area contributed by atoms with Crippen molar-refractivity contribution in [2.24, 2.45) is 7.05 Å². The molecule has 7 heteroatoms. The summed E-state index contributed by atoms with van der Waals surface area (Å²) in [4.78, 5) is 21.3. The van der Waals surface area contributed by atoms with Crippen molar-refractivity contribution < 1.29 is 4.79 Å². The van der Waals surface area contributed by atoms with E-state index in [0.29, 0.717) is 12.2 Å². The zero-order chi connectivity index (χ0) is 18.6. The number of amides is 1. The fourth-order valence-electron chi connectivity index (χ4n) is 4.21. The van der Waals surface area contributed by atoms with Gasteiger partial charge in [0, 0.05) is 32.3 Å². The molecule has 0 saturated carbocycles. The molecule has 2 aliphatic rings. The number of carbonyl (C=O) groups excluding carboxylic acids is 1. The standard InChI is InChI=1S/C20H28N6O/c1-24-18(15-25-11-5-2-6-12-25)22-23-19(24)16-8-7-13-26(14-16)20(27)17-9-3-4-10-21-17/h3-4,9-10,16H,2,5-8,11-15H2,1H3/t16-/m1/s1. The van der Waals surface area contributed by atoms with Crippen LogP contribution < -0.4 is 0 Å². The average molecular weight is 368 g/mol. The minimum Gasteiger partial charge on any atom is -0.337 e. The van der Waals surface area contributed by atoms with E-state index in [-0.39, 0.29) is 11.8 Å². The normalized spacial score (nSPS) is 21.4. The third kappa shape index (κ3) is 4.03. The van der Waals surface area contributed by atoms with E-state index in [1.54, 1.807) is 12.3 Å². The van der Waals surface area contributed by atoms with E-state index < -0.39 is 0 Å². The summed E-state index contributed by atoms with van der Waals surface area (Å²) in [7, 11) is 2.06. The molecule has 7 nitrogen and oxygen atoms in total. The number of rotatable bonds is 4. The lowest BCUT2D eigenvalue weighted by Gasteiger charge is -2.32. The quantitative estimate of drug-likeness (QED) is 0.828. The fraction of sp³-hybridized carbons (Fsp3) is 0.600. The molecule has 2 aromatic rings. The maximum absolute atomic E-state index is 12.7. The Morgan fingerprint density at radius 2 is 1.96 bits per heavy atom. The number of likely N-dealkylation sites (tertiary alicyclic amines) is 2. The average Bonchev–Trinajstić information content (AvgIpc) is 3.09. The van der Waals surface area contributed by atoms with Crippen molar-refractivity contribution in [1.82, 2.24) is 29.5 Å². The van der Waals surface area contributed by atoms with Crippen LogP contribution in [0.25, 0.3) is 0 Å².